The third-order valence-corrected chi connectivity index (χ3v) is 4.74. The van der Waals surface area contributed by atoms with Crippen molar-refractivity contribution in [1.82, 2.24) is 10.6 Å². The summed E-state index contributed by atoms with van der Waals surface area (Å²) >= 11 is 0. The van der Waals surface area contributed by atoms with Gasteiger partial charge in [0.1, 0.15) is 5.54 Å². The van der Waals surface area contributed by atoms with Gasteiger partial charge in [0, 0.05) is 6.61 Å². The highest BCUT2D eigenvalue weighted by Gasteiger charge is 2.43. The number of rotatable bonds is 3. The summed E-state index contributed by atoms with van der Waals surface area (Å²) in [5.74, 6) is -0.416. The lowest BCUT2D eigenvalue weighted by Crippen LogP contribution is -2.62. The second kappa shape index (κ2) is 6.22. The van der Waals surface area contributed by atoms with E-state index < -0.39 is 23.1 Å². The Morgan fingerprint density at radius 3 is 2.38 bits per heavy atom. The van der Waals surface area contributed by atoms with E-state index in [-0.39, 0.29) is 0 Å². The summed E-state index contributed by atoms with van der Waals surface area (Å²) in [6.45, 7) is 5.24. The quantitative estimate of drug-likeness (QED) is 0.742. The molecule has 2 fully saturated rings. The lowest BCUT2D eigenvalue weighted by molar-refractivity contribution is -0.146. The molecular formula is C15H26N2O4. The molecule has 0 bridgehead atoms. The highest BCUT2D eigenvalue weighted by Crippen LogP contribution is 2.32. The molecule has 1 aliphatic carbocycles. The standard InChI is InChI=1S/C15H26N2O4/c1-11-4-7-15(8-5-11,12(18)19)17-13(20)16-14(2)6-3-9-21-10-14/h11H,3-10H2,1-2H3,(H,18,19)(H2,16,17,20). The van der Waals surface area contributed by atoms with Gasteiger partial charge in [-0.15, -0.1) is 0 Å². The van der Waals surface area contributed by atoms with E-state index in [0.717, 1.165) is 32.3 Å². The SMILES string of the molecule is CC1CCC(NC(=O)NC2(C)CCCOC2)(C(=O)O)CC1. The van der Waals surface area contributed by atoms with Crippen LogP contribution in [0.3, 0.4) is 0 Å². The Hall–Kier alpha value is -1.30. The van der Waals surface area contributed by atoms with Crippen LogP contribution in [0.15, 0.2) is 0 Å². The van der Waals surface area contributed by atoms with E-state index in [9.17, 15) is 14.7 Å². The number of amides is 2. The maximum absolute atomic E-state index is 12.2. The predicted octanol–water partition coefficient (Wildman–Crippen LogP) is 1.89. The number of nitrogens with one attached hydrogen (secondary N) is 2. The van der Waals surface area contributed by atoms with Crippen LogP contribution >= 0.6 is 0 Å². The zero-order chi connectivity index (χ0) is 15.5. The molecule has 1 atom stereocenters. The van der Waals surface area contributed by atoms with E-state index >= 15 is 0 Å². The number of hydrogen-bond acceptors (Lipinski definition) is 3. The van der Waals surface area contributed by atoms with Crippen molar-refractivity contribution < 1.29 is 19.4 Å². The van der Waals surface area contributed by atoms with Crippen LogP contribution in [-0.2, 0) is 9.53 Å². The van der Waals surface area contributed by atoms with Gasteiger partial charge < -0.3 is 20.5 Å². The van der Waals surface area contributed by atoms with E-state index in [2.05, 4.69) is 17.6 Å². The Kier molecular flexibility index (Phi) is 4.76. The monoisotopic (exact) mass is 298 g/mol. The fraction of sp³-hybridized carbons (Fsp3) is 0.867. The molecule has 0 radical (unpaired) electrons. The molecule has 1 aliphatic heterocycles. The van der Waals surface area contributed by atoms with Gasteiger partial charge in [-0.1, -0.05) is 6.92 Å². The third kappa shape index (κ3) is 3.87. The molecule has 1 saturated heterocycles. The van der Waals surface area contributed by atoms with Crippen LogP contribution in [0.5, 0.6) is 0 Å². The van der Waals surface area contributed by atoms with E-state index in [4.69, 9.17) is 4.74 Å². The first-order valence-corrected chi connectivity index (χ1v) is 7.77. The smallest absolute Gasteiger partial charge is 0.329 e. The molecule has 1 unspecified atom stereocenters. The molecule has 1 heterocycles. The van der Waals surface area contributed by atoms with Crippen LogP contribution in [-0.4, -0.2) is 41.4 Å². The highest BCUT2D eigenvalue weighted by atomic mass is 16.5. The molecule has 1 saturated carbocycles. The minimum atomic E-state index is -1.12. The van der Waals surface area contributed by atoms with Gasteiger partial charge in [-0.3, -0.25) is 0 Å². The van der Waals surface area contributed by atoms with Gasteiger partial charge in [0.2, 0.25) is 0 Å². The number of carboxylic acid groups (broad SMARTS) is 1. The molecule has 0 spiro atoms. The lowest BCUT2D eigenvalue weighted by Gasteiger charge is -2.39. The second-order valence-corrected chi connectivity index (χ2v) is 6.87. The average Bonchev–Trinajstić information content (AvgIpc) is 2.41. The summed E-state index contributed by atoms with van der Waals surface area (Å²) in [6, 6.07) is -0.403. The van der Waals surface area contributed by atoms with E-state index in [1.807, 2.05) is 6.92 Å². The maximum atomic E-state index is 12.2. The van der Waals surface area contributed by atoms with E-state index in [1.54, 1.807) is 0 Å². The number of carbonyl (C=O) groups is 2. The molecule has 2 amide bonds. The van der Waals surface area contributed by atoms with Crippen LogP contribution in [0, 0.1) is 5.92 Å². The molecule has 6 nitrogen and oxygen atoms in total. The Balaban J connectivity index is 1.97. The van der Waals surface area contributed by atoms with Crippen LogP contribution in [0.4, 0.5) is 4.79 Å². The maximum Gasteiger partial charge on any atom is 0.329 e. The molecule has 2 aliphatic rings. The van der Waals surface area contributed by atoms with E-state index in [1.165, 1.54) is 0 Å². The number of aliphatic carboxylic acids is 1. The number of carbonyl (C=O) groups excluding carboxylic acids is 1. The number of carboxylic acids is 1. The van der Waals surface area contributed by atoms with Crippen molar-refractivity contribution in [2.75, 3.05) is 13.2 Å². The normalized spacial score (nSPS) is 36.8. The summed E-state index contributed by atoms with van der Waals surface area (Å²) < 4.78 is 5.40. The van der Waals surface area contributed by atoms with Gasteiger partial charge in [-0.2, -0.15) is 0 Å². The third-order valence-electron chi connectivity index (χ3n) is 4.74. The zero-order valence-corrected chi connectivity index (χ0v) is 12.9. The molecular weight excluding hydrogens is 272 g/mol. The Bertz CT molecular complexity index is 396. The van der Waals surface area contributed by atoms with Crippen molar-refractivity contribution in [2.45, 2.75) is 63.5 Å². The molecule has 0 aromatic carbocycles. The fourth-order valence-corrected chi connectivity index (χ4v) is 3.20. The van der Waals surface area contributed by atoms with E-state index in [0.29, 0.717) is 25.4 Å². The van der Waals surface area contributed by atoms with Gasteiger partial charge in [-0.05, 0) is 51.4 Å². The Morgan fingerprint density at radius 2 is 1.86 bits per heavy atom. The highest BCUT2D eigenvalue weighted by molar-refractivity contribution is 5.86. The van der Waals surface area contributed by atoms with Crippen LogP contribution in [0.1, 0.15) is 52.4 Å². The van der Waals surface area contributed by atoms with Crippen molar-refractivity contribution in [3.8, 4) is 0 Å². The lowest BCUT2D eigenvalue weighted by atomic mass is 9.77. The Morgan fingerprint density at radius 1 is 1.19 bits per heavy atom. The summed E-state index contributed by atoms with van der Waals surface area (Å²) in [6.07, 6.45) is 4.38. The first-order chi connectivity index (χ1) is 9.85. The van der Waals surface area contributed by atoms with Gasteiger partial charge in [0.05, 0.1) is 12.1 Å². The van der Waals surface area contributed by atoms with Crippen molar-refractivity contribution >= 4 is 12.0 Å². The van der Waals surface area contributed by atoms with Crippen LogP contribution < -0.4 is 10.6 Å². The molecule has 0 aromatic rings. The average molecular weight is 298 g/mol. The van der Waals surface area contributed by atoms with Crippen molar-refractivity contribution in [2.24, 2.45) is 5.92 Å². The Labute approximate surface area is 125 Å². The first kappa shape index (κ1) is 16.1. The molecule has 120 valence electrons. The minimum Gasteiger partial charge on any atom is -0.480 e. The van der Waals surface area contributed by atoms with Crippen molar-refractivity contribution in [3.05, 3.63) is 0 Å². The minimum absolute atomic E-state index is 0.403. The number of urea groups is 1. The molecule has 3 N–H and O–H groups in total. The molecule has 21 heavy (non-hydrogen) atoms. The van der Waals surface area contributed by atoms with Crippen molar-refractivity contribution in [1.29, 1.82) is 0 Å². The summed E-state index contributed by atoms with van der Waals surface area (Å²) in [4.78, 5) is 23.9. The van der Waals surface area contributed by atoms with Crippen molar-refractivity contribution in [3.63, 3.8) is 0 Å². The van der Waals surface area contributed by atoms with Gasteiger partial charge >= 0.3 is 12.0 Å². The summed E-state index contributed by atoms with van der Waals surface area (Å²) in [5.41, 5.74) is -1.54. The summed E-state index contributed by atoms with van der Waals surface area (Å²) in [7, 11) is 0. The van der Waals surface area contributed by atoms with Crippen LogP contribution in [0.25, 0.3) is 0 Å². The fourth-order valence-electron chi connectivity index (χ4n) is 3.20. The molecule has 0 aromatic heterocycles. The van der Waals surface area contributed by atoms with Crippen LogP contribution in [0.2, 0.25) is 0 Å². The molecule has 6 heteroatoms. The topological polar surface area (TPSA) is 87.7 Å². The number of hydrogen-bond donors (Lipinski definition) is 3. The molecule has 2 rings (SSSR count). The predicted molar refractivity (Wildman–Crippen MR) is 78.1 cm³/mol. The van der Waals surface area contributed by atoms with Gasteiger partial charge in [0.15, 0.2) is 0 Å². The second-order valence-electron chi connectivity index (χ2n) is 6.87. The summed E-state index contributed by atoms with van der Waals surface area (Å²) in [5, 5.41) is 15.1. The number of ether oxygens (including phenoxy) is 1. The largest absolute Gasteiger partial charge is 0.480 e. The van der Waals surface area contributed by atoms with Gasteiger partial charge in [-0.25, -0.2) is 9.59 Å². The zero-order valence-electron chi connectivity index (χ0n) is 12.9. The van der Waals surface area contributed by atoms with Gasteiger partial charge in [0.25, 0.3) is 0 Å². The first-order valence-electron chi connectivity index (χ1n) is 7.77.